The Kier molecular flexibility index (Phi) is 3.28. The number of rotatable bonds is 1. The van der Waals surface area contributed by atoms with Crippen molar-refractivity contribution in [2.24, 2.45) is 0 Å². The lowest BCUT2D eigenvalue weighted by Gasteiger charge is -2.35. The van der Waals surface area contributed by atoms with Crippen LogP contribution in [0.15, 0.2) is 0 Å². The van der Waals surface area contributed by atoms with Crippen molar-refractivity contribution in [2.75, 3.05) is 31.1 Å². The van der Waals surface area contributed by atoms with Crippen LogP contribution < -0.4 is 10.0 Å². The third-order valence-corrected chi connectivity index (χ3v) is 3.49. The summed E-state index contributed by atoms with van der Waals surface area (Å²) in [6, 6.07) is 0. The molecule has 18 heavy (non-hydrogen) atoms. The molecule has 0 spiro atoms. The van der Waals surface area contributed by atoms with Crippen molar-refractivity contribution in [3.63, 3.8) is 0 Å². The highest BCUT2D eigenvalue weighted by Crippen LogP contribution is 2.34. The summed E-state index contributed by atoms with van der Waals surface area (Å²) in [6.45, 7) is 0.924. The van der Waals surface area contributed by atoms with Gasteiger partial charge >= 0.3 is 6.18 Å². The number of nitrogens with zero attached hydrogens (tertiary/aromatic N) is 4. The molecule has 0 aromatic carbocycles. The van der Waals surface area contributed by atoms with Crippen LogP contribution in [-0.4, -0.2) is 47.4 Å². The van der Waals surface area contributed by atoms with Gasteiger partial charge in [0, 0.05) is 26.2 Å². The SMILES string of the molecule is O=C([O-])N1CCN(c2nnc(C(F)(F)F)s2)CC1. The zero-order valence-corrected chi connectivity index (χ0v) is 9.79. The van der Waals surface area contributed by atoms with E-state index in [1.807, 2.05) is 0 Å². The Labute approximate surface area is 104 Å². The number of hydrogen-bond donors (Lipinski definition) is 0. The Morgan fingerprint density at radius 2 is 1.83 bits per heavy atom. The van der Waals surface area contributed by atoms with Crippen molar-refractivity contribution >= 4 is 22.6 Å². The van der Waals surface area contributed by atoms with Crippen LogP contribution in [-0.2, 0) is 6.18 Å². The van der Waals surface area contributed by atoms with Crippen LogP contribution in [0.1, 0.15) is 5.01 Å². The van der Waals surface area contributed by atoms with E-state index in [2.05, 4.69) is 10.2 Å². The molecule has 0 aliphatic carbocycles. The number of amides is 1. The van der Waals surface area contributed by atoms with Gasteiger partial charge in [-0.2, -0.15) is 13.2 Å². The number of halogens is 3. The summed E-state index contributed by atoms with van der Waals surface area (Å²) in [7, 11) is 0. The van der Waals surface area contributed by atoms with E-state index in [1.165, 1.54) is 0 Å². The minimum atomic E-state index is -4.50. The average molecular weight is 281 g/mol. The summed E-state index contributed by atoms with van der Waals surface area (Å²) >= 11 is 0.453. The van der Waals surface area contributed by atoms with Crippen molar-refractivity contribution in [2.45, 2.75) is 6.18 Å². The molecule has 100 valence electrons. The van der Waals surface area contributed by atoms with Gasteiger partial charge in [0.1, 0.15) is 6.09 Å². The first-order valence-corrected chi connectivity index (χ1v) is 5.81. The van der Waals surface area contributed by atoms with Crippen molar-refractivity contribution < 1.29 is 23.1 Å². The zero-order valence-electron chi connectivity index (χ0n) is 8.98. The van der Waals surface area contributed by atoms with Gasteiger partial charge in [0.05, 0.1) is 0 Å². The maximum absolute atomic E-state index is 12.3. The number of carbonyl (C=O) groups excluding carboxylic acids is 1. The summed E-state index contributed by atoms with van der Waals surface area (Å²) in [5.74, 6) is 0. The van der Waals surface area contributed by atoms with Gasteiger partial charge in [-0.25, -0.2) is 0 Å². The Bertz CT molecular complexity index is 442. The normalized spacial score (nSPS) is 17.1. The summed E-state index contributed by atoms with van der Waals surface area (Å²) in [5.41, 5.74) is 0. The van der Waals surface area contributed by atoms with E-state index < -0.39 is 17.3 Å². The number of aromatic nitrogens is 2. The summed E-state index contributed by atoms with van der Waals surface area (Å²) in [4.78, 5) is 13.2. The second-order valence-electron chi connectivity index (χ2n) is 3.63. The Balaban J connectivity index is 2.02. The minimum absolute atomic E-state index is 0.153. The summed E-state index contributed by atoms with van der Waals surface area (Å²) in [6.07, 6.45) is -5.77. The van der Waals surface area contributed by atoms with Gasteiger partial charge in [-0.05, 0) is 0 Å². The van der Waals surface area contributed by atoms with Crippen LogP contribution in [0.5, 0.6) is 0 Å². The van der Waals surface area contributed by atoms with Gasteiger partial charge in [-0.1, -0.05) is 11.3 Å². The van der Waals surface area contributed by atoms with E-state index in [9.17, 15) is 23.1 Å². The number of anilines is 1. The highest BCUT2D eigenvalue weighted by atomic mass is 32.1. The molecule has 10 heteroatoms. The van der Waals surface area contributed by atoms with Gasteiger partial charge in [-0.15, -0.1) is 10.2 Å². The Hall–Kier alpha value is -1.58. The quantitative estimate of drug-likeness (QED) is 0.725. The van der Waals surface area contributed by atoms with E-state index in [1.54, 1.807) is 4.90 Å². The first-order chi connectivity index (χ1) is 8.38. The molecule has 2 rings (SSSR count). The first kappa shape index (κ1) is 12.9. The third kappa shape index (κ3) is 2.63. The van der Waals surface area contributed by atoms with E-state index in [-0.39, 0.29) is 31.3 Å². The molecule has 1 aliphatic rings. The molecule has 0 bridgehead atoms. The van der Waals surface area contributed by atoms with E-state index in [0.29, 0.717) is 11.3 Å². The molecule has 1 aromatic heterocycles. The third-order valence-electron chi connectivity index (χ3n) is 2.47. The van der Waals surface area contributed by atoms with Crippen molar-refractivity contribution in [3.8, 4) is 0 Å². The molecule has 0 radical (unpaired) electrons. The fourth-order valence-electron chi connectivity index (χ4n) is 1.54. The maximum atomic E-state index is 12.3. The Morgan fingerprint density at radius 3 is 2.28 bits per heavy atom. The molecular weight excluding hydrogens is 273 g/mol. The Morgan fingerprint density at radius 1 is 1.22 bits per heavy atom. The second kappa shape index (κ2) is 4.59. The molecule has 1 fully saturated rings. The van der Waals surface area contributed by atoms with E-state index >= 15 is 0 Å². The molecule has 0 N–H and O–H groups in total. The standard InChI is InChI=1S/C8H9F3N4O2S/c9-8(10,11)5-12-13-6(18-5)14-1-3-15(4-2-14)7(16)17/h1-4H2,(H,16,17)/p-1. The highest BCUT2D eigenvalue weighted by Gasteiger charge is 2.36. The smallest absolute Gasteiger partial charge is 0.445 e. The number of alkyl halides is 3. The minimum Gasteiger partial charge on any atom is -0.530 e. The molecule has 0 saturated carbocycles. The number of hydrogen-bond acceptors (Lipinski definition) is 6. The predicted octanol–water partition coefficient (Wildman–Crippen LogP) is 0.0222. The van der Waals surface area contributed by atoms with E-state index in [0.717, 1.165) is 4.90 Å². The van der Waals surface area contributed by atoms with Crippen LogP contribution >= 0.6 is 11.3 Å². The number of carboxylic acid groups (broad SMARTS) is 1. The highest BCUT2D eigenvalue weighted by molar-refractivity contribution is 7.15. The summed E-state index contributed by atoms with van der Waals surface area (Å²) < 4.78 is 37.0. The molecule has 1 amide bonds. The van der Waals surface area contributed by atoms with Gasteiger partial charge < -0.3 is 19.7 Å². The van der Waals surface area contributed by atoms with Crippen LogP contribution in [0.4, 0.5) is 23.1 Å². The molecule has 0 unspecified atom stereocenters. The largest absolute Gasteiger partial charge is 0.530 e. The zero-order chi connectivity index (χ0) is 13.3. The van der Waals surface area contributed by atoms with Gasteiger partial charge in [-0.3, -0.25) is 0 Å². The predicted molar refractivity (Wildman–Crippen MR) is 54.1 cm³/mol. The topological polar surface area (TPSA) is 72.4 Å². The number of carbonyl (C=O) groups is 1. The molecule has 1 saturated heterocycles. The molecule has 0 atom stereocenters. The van der Waals surface area contributed by atoms with Crippen molar-refractivity contribution in [1.29, 1.82) is 0 Å². The van der Waals surface area contributed by atoms with E-state index in [4.69, 9.17) is 0 Å². The molecular formula is C8H8F3N4O2S-. The molecule has 2 heterocycles. The van der Waals surface area contributed by atoms with Crippen molar-refractivity contribution in [1.82, 2.24) is 15.1 Å². The maximum Gasteiger partial charge on any atom is 0.445 e. The van der Waals surface area contributed by atoms with Crippen LogP contribution in [0.25, 0.3) is 0 Å². The van der Waals surface area contributed by atoms with Gasteiger partial charge in [0.25, 0.3) is 0 Å². The lowest BCUT2D eigenvalue weighted by atomic mass is 10.3. The van der Waals surface area contributed by atoms with Crippen LogP contribution in [0.2, 0.25) is 0 Å². The number of piperazine rings is 1. The van der Waals surface area contributed by atoms with Crippen LogP contribution in [0, 0.1) is 0 Å². The van der Waals surface area contributed by atoms with Crippen LogP contribution in [0.3, 0.4) is 0 Å². The van der Waals surface area contributed by atoms with Crippen molar-refractivity contribution in [3.05, 3.63) is 5.01 Å². The molecule has 6 nitrogen and oxygen atoms in total. The monoisotopic (exact) mass is 281 g/mol. The lowest BCUT2D eigenvalue weighted by molar-refractivity contribution is -0.265. The summed E-state index contributed by atoms with van der Waals surface area (Å²) in [5, 5.41) is 16.3. The lowest BCUT2D eigenvalue weighted by Crippen LogP contribution is -2.52. The fourth-order valence-corrected chi connectivity index (χ4v) is 2.30. The molecule has 1 aliphatic heterocycles. The average Bonchev–Trinajstić information content (AvgIpc) is 2.78. The second-order valence-corrected chi connectivity index (χ2v) is 4.58. The fraction of sp³-hybridized carbons (Fsp3) is 0.625. The first-order valence-electron chi connectivity index (χ1n) is 4.99. The van der Waals surface area contributed by atoms with Gasteiger partial charge in [0.2, 0.25) is 10.1 Å². The molecule has 1 aromatic rings. The van der Waals surface area contributed by atoms with Gasteiger partial charge in [0.15, 0.2) is 0 Å².